The highest BCUT2D eigenvalue weighted by Gasteiger charge is 2.62. The largest absolute Gasteiger partial charge is 0.414 e. The van der Waals surface area contributed by atoms with Crippen LogP contribution in [0.3, 0.4) is 0 Å². The summed E-state index contributed by atoms with van der Waals surface area (Å²) >= 11 is 0. The summed E-state index contributed by atoms with van der Waals surface area (Å²) in [6.07, 6.45) is 10.4. The van der Waals surface area contributed by atoms with Crippen LogP contribution in [0.25, 0.3) is 0 Å². The Hall–Kier alpha value is -0.123. The standard InChI is InChI=1S/C28H50O2Si/c1-18(2)23-17-24(29)25-21-11-10-19-16-20(30-31(8,9)26(3,4)5)12-14-27(19,6)22(21)13-15-28(23,25)7/h19-25,29H,1,10-17H2,2-9H3/t19-,20-,21+,22-,23+,24+,25+,27-,28+/m0/s1. The summed E-state index contributed by atoms with van der Waals surface area (Å²) in [5.41, 5.74) is 2.00. The molecule has 4 fully saturated rings. The van der Waals surface area contributed by atoms with Gasteiger partial charge in [-0.3, -0.25) is 0 Å². The summed E-state index contributed by atoms with van der Waals surface area (Å²) in [5, 5.41) is 11.5. The topological polar surface area (TPSA) is 29.5 Å². The first-order chi connectivity index (χ1) is 14.2. The number of aliphatic hydroxyl groups is 1. The zero-order chi connectivity index (χ0) is 23.0. The van der Waals surface area contributed by atoms with Crippen molar-refractivity contribution in [3.05, 3.63) is 12.2 Å². The van der Waals surface area contributed by atoms with Gasteiger partial charge >= 0.3 is 0 Å². The maximum atomic E-state index is 11.2. The lowest BCUT2D eigenvalue weighted by Gasteiger charge is -2.61. The van der Waals surface area contributed by atoms with Crippen molar-refractivity contribution in [3.8, 4) is 0 Å². The molecule has 3 heteroatoms. The predicted molar refractivity (Wildman–Crippen MR) is 133 cm³/mol. The first-order valence-corrected chi connectivity index (χ1v) is 16.1. The van der Waals surface area contributed by atoms with Crippen LogP contribution in [0.2, 0.25) is 18.1 Å². The van der Waals surface area contributed by atoms with E-state index in [0.29, 0.717) is 29.3 Å². The molecule has 0 unspecified atom stereocenters. The van der Waals surface area contributed by atoms with Gasteiger partial charge in [0.05, 0.1) is 6.10 Å². The molecule has 4 aliphatic rings. The lowest BCUT2D eigenvalue weighted by atomic mass is 9.44. The van der Waals surface area contributed by atoms with Crippen molar-refractivity contribution < 1.29 is 9.53 Å². The van der Waals surface area contributed by atoms with Gasteiger partial charge in [-0.25, -0.2) is 0 Å². The number of fused-ring (bicyclic) bond motifs is 5. The molecule has 0 aromatic rings. The molecule has 0 aromatic carbocycles. The zero-order valence-electron chi connectivity index (χ0n) is 21.8. The molecule has 0 saturated heterocycles. The molecular formula is C28H50O2Si. The van der Waals surface area contributed by atoms with Gasteiger partial charge in [0, 0.05) is 6.10 Å². The zero-order valence-corrected chi connectivity index (χ0v) is 22.8. The first kappa shape index (κ1) is 24.0. The van der Waals surface area contributed by atoms with Crippen LogP contribution in [0.4, 0.5) is 0 Å². The highest BCUT2D eigenvalue weighted by molar-refractivity contribution is 6.74. The number of rotatable bonds is 3. The third kappa shape index (κ3) is 3.73. The Labute approximate surface area is 193 Å². The van der Waals surface area contributed by atoms with Gasteiger partial charge in [0.25, 0.3) is 0 Å². The molecule has 4 aliphatic carbocycles. The average Bonchev–Trinajstić information content (AvgIpc) is 2.92. The second-order valence-electron chi connectivity index (χ2n) is 14.1. The van der Waals surface area contributed by atoms with Gasteiger partial charge in [-0.2, -0.15) is 0 Å². The Kier molecular flexibility index (Phi) is 5.97. The van der Waals surface area contributed by atoms with Gasteiger partial charge in [-0.1, -0.05) is 46.8 Å². The van der Waals surface area contributed by atoms with Crippen molar-refractivity contribution in [1.82, 2.24) is 0 Å². The van der Waals surface area contributed by atoms with E-state index in [2.05, 4.69) is 61.2 Å². The van der Waals surface area contributed by atoms with Crippen LogP contribution in [-0.4, -0.2) is 25.6 Å². The third-order valence-electron chi connectivity index (χ3n) is 11.5. The number of hydrogen-bond acceptors (Lipinski definition) is 2. The van der Waals surface area contributed by atoms with Crippen LogP contribution in [0, 0.1) is 40.4 Å². The summed E-state index contributed by atoms with van der Waals surface area (Å²) in [4.78, 5) is 0. The predicted octanol–water partition coefficient (Wildman–Crippen LogP) is 7.58. The molecule has 0 amide bonds. The van der Waals surface area contributed by atoms with E-state index in [-0.39, 0.29) is 16.6 Å². The summed E-state index contributed by atoms with van der Waals surface area (Å²) < 4.78 is 6.91. The molecule has 178 valence electrons. The summed E-state index contributed by atoms with van der Waals surface area (Å²) in [7, 11) is -1.70. The minimum absolute atomic E-state index is 0.127. The van der Waals surface area contributed by atoms with Gasteiger partial charge < -0.3 is 9.53 Å². The van der Waals surface area contributed by atoms with Crippen molar-refractivity contribution in [3.63, 3.8) is 0 Å². The molecule has 9 atom stereocenters. The minimum atomic E-state index is -1.70. The molecule has 0 radical (unpaired) electrons. The van der Waals surface area contributed by atoms with Crippen LogP contribution in [-0.2, 0) is 4.43 Å². The van der Waals surface area contributed by atoms with Crippen LogP contribution in [0.5, 0.6) is 0 Å². The molecule has 0 bridgehead atoms. The summed E-state index contributed by atoms with van der Waals surface area (Å²) in [6.45, 7) is 23.5. The van der Waals surface area contributed by atoms with Crippen molar-refractivity contribution in [2.24, 2.45) is 40.4 Å². The Morgan fingerprint density at radius 2 is 1.65 bits per heavy atom. The van der Waals surface area contributed by atoms with Gasteiger partial charge in [-0.15, -0.1) is 0 Å². The molecule has 4 saturated carbocycles. The minimum Gasteiger partial charge on any atom is -0.414 e. The smallest absolute Gasteiger partial charge is 0.192 e. The molecule has 31 heavy (non-hydrogen) atoms. The molecule has 4 rings (SSSR count). The molecule has 0 heterocycles. The third-order valence-corrected chi connectivity index (χ3v) is 16.0. The normalized spacial score (nSPS) is 48.0. The second kappa shape index (κ2) is 7.70. The maximum absolute atomic E-state index is 11.2. The maximum Gasteiger partial charge on any atom is 0.192 e. The van der Waals surface area contributed by atoms with Crippen molar-refractivity contribution in [1.29, 1.82) is 0 Å². The van der Waals surface area contributed by atoms with Gasteiger partial charge in [0.15, 0.2) is 8.32 Å². The fourth-order valence-electron chi connectivity index (χ4n) is 8.75. The quantitative estimate of drug-likeness (QED) is 0.357. The number of allylic oxidation sites excluding steroid dienone is 1. The van der Waals surface area contributed by atoms with Crippen LogP contribution < -0.4 is 0 Å². The Balaban J connectivity index is 1.51. The molecule has 1 N–H and O–H groups in total. The van der Waals surface area contributed by atoms with E-state index in [1.54, 1.807) is 0 Å². The lowest BCUT2D eigenvalue weighted by Crippen LogP contribution is -2.56. The molecular weight excluding hydrogens is 396 g/mol. The van der Waals surface area contributed by atoms with E-state index in [4.69, 9.17) is 4.43 Å². The monoisotopic (exact) mass is 446 g/mol. The highest BCUT2D eigenvalue weighted by Crippen LogP contribution is 2.68. The van der Waals surface area contributed by atoms with Crippen LogP contribution >= 0.6 is 0 Å². The van der Waals surface area contributed by atoms with Gasteiger partial charge in [-0.05, 0) is 117 Å². The molecule has 0 aliphatic heterocycles. The van der Waals surface area contributed by atoms with Gasteiger partial charge in [0.2, 0.25) is 0 Å². The fourth-order valence-corrected chi connectivity index (χ4v) is 10.2. The molecule has 0 spiro atoms. The Morgan fingerprint density at radius 3 is 2.26 bits per heavy atom. The highest BCUT2D eigenvalue weighted by atomic mass is 28.4. The Morgan fingerprint density at radius 1 is 1.00 bits per heavy atom. The number of hydrogen-bond donors (Lipinski definition) is 1. The van der Waals surface area contributed by atoms with E-state index in [1.807, 2.05) is 0 Å². The van der Waals surface area contributed by atoms with Gasteiger partial charge in [0.1, 0.15) is 0 Å². The average molecular weight is 447 g/mol. The van der Waals surface area contributed by atoms with E-state index in [0.717, 1.165) is 18.3 Å². The van der Waals surface area contributed by atoms with E-state index in [1.165, 1.54) is 50.5 Å². The van der Waals surface area contributed by atoms with Crippen LogP contribution in [0.15, 0.2) is 12.2 Å². The SMILES string of the molecule is C=C(C)[C@H]1C[C@@H](O)[C@H]2[C@@H]3CC[C@H]4C[C@@H](O[Si](C)(C)C(C)(C)C)CC[C@]4(C)[C@H]3CC[C@@]21C. The molecule has 0 aromatic heterocycles. The van der Waals surface area contributed by atoms with E-state index >= 15 is 0 Å². The molecule has 2 nitrogen and oxygen atoms in total. The summed E-state index contributed by atoms with van der Waals surface area (Å²) in [5.74, 6) is 3.28. The summed E-state index contributed by atoms with van der Waals surface area (Å²) in [6, 6.07) is 0. The lowest BCUT2D eigenvalue weighted by molar-refractivity contribution is -0.137. The van der Waals surface area contributed by atoms with E-state index in [9.17, 15) is 5.11 Å². The second-order valence-corrected chi connectivity index (χ2v) is 18.9. The van der Waals surface area contributed by atoms with Crippen molar-refractivity contribution in [2.45, 2.75) is 123 Å². The van der Waals surface area contributed by atoms with Crippen LogP contribution in [0.1, 0.15) is 92.9 Å². The van der Waals surface area contributed by atoms with Crippen molar-refractivity contribution in [2.75, 3.05) is 0 Å². The Bertz CT molecular complexity index is 708. The van der Waals surface area contributed by atoms with E-state index < -0.39 is 8.32 Å². The fraction of sp³-hybridized carbons (Fsp3) is 0.929. The number of aliphatic hydroxyl groups excluding tert-OH is 1. The van der Waals surface area contributed by atoms with Crippen molar-refractivity contribution >= 4 is 8.32 Å². The first-order valence-electron chi connectivity index (χ1n) is 13.2.